The van der Waals surface area contributed by atoms with Gasteiger partial charge >= 0.3 is 23.9 Å². The molecule has 138 valence electrons. The molecule has 4 N–H and O–H groups in total. The second-order valence-corrected chi connectivity index (χ2v) is 6.24. The van der Waals surface area contributed by atoms with Crippen LogP contribution in [0, 0.1) is 0 Å². The van der Waals surface area contributed by atoms with Crippen molar-refractivity contribution < 1.29 is 39.6 Å². The third-order valence-corrected chi connectivity index (χ3v) is 4.81. The number of benzene rings is 4. The quantitative estimate of drug-likeness (QED) is 0.395. The zero-order chi connectivity index (χ0) is 20.3. The highest BCUT2D eigenvalue weighted by molar-refractivity contribution is 6.31. The number of carboxylic acids is 4. The predicted molar refractivity (Wildman–Crippen MR) is 98.0 cm³/mol. The summed E-state index contributed by atoms with van der Waals surface area (Å²) in [6, 6.07) is 7.94. The SMILES string of the molecule is O=C(O)c1cc2ccc3c(C(=O)O)cc(C(=O)O)c4ccc(c1C(=O)O)c2c34. The van der Waals surface area contributed by atoms with Crippen molar-refractivity contribution >= 4 is 56.2 Å². The lowest BCUT2D eigenvalue weighted by molar-refractivity contribution is 0.0653. The van der Waals surface area contributed by atoms with Crippen LogP contribution in [0.4, 0.5) is 0 Å². The molecule has 0 fully saturated rings. The highest BCUT2D eigenvalue weighted by Gasteiger charge is 2.25. The fraction of sp³-hybridized carbons (Fsp3) is 0. The Labute approximate surface area is 155 Å². The largest absolute Gasteiger partial charge is 0.478 e. The summed E-state index contributed by atoms with van der Waals surface area (Å²) < 4.78 is 0. The van der Waals surface area contributed by atoms with Crippen molar-refractivity contribution in [3.63, 3.8) is 0 Å². The van der Waals surface area contributed by atoms with Crippen molar-refractivity contribution in [2.24, 2.45) is 0 Å². The first-order valence-electron chi connectivity index (χ1n) is 7.94. The molecule has 0 aliphatic carbocycles. The Bertz CT molecular complexity index is 1330. The number of carbonyl (C=O) groups is 4. The van der Waals surface area contributed by atoms with Gasteiger partial charge in [-0.2, -0.15) is 0 Å². The molecule has 4 aromatic carbocycles. The van der Waals surface area contributed by atoms with Gasteiger partial charge in [-0.3, -0.25) is 0 Å². The van der Waals surface area contributed by atoms with Gasteiger partial charge in [-0.15, -0.1) is 0 Å². The summed E-state index contributed by atoms with van der Waals surface area (Å²) in [6.07, 6.45) is 0. The number of rotatable bonds is 4. The van der Waals surface area contributed by atoms with Crippen LogP contribution in [-0.4, -0.2) is 44.3 Å². The summed E-state index contributed by atoms with van der Waals surface area (Å²) in [7, 11) is 0. The second kappa shape index (κ2) is 5.65. The average Bonchev–Trinajstić information content (AvgIpc) is 2.63. The lowest BCUT2D eigenvalue weighted by atomic mass is 9.86. The molecule has 0 amide bonds. The minimum atomic E-state index is -1.45. The molecule has 0 unspecified atom stereocenters. The van der Waals surface area contributed by atoms with E-state index in [9.17, 15) is 39.6 Å². The Hall–Kier alpha value is -4.20. The molecule has 8 heteroatoms. The molecule has 8 nitrogen and oxygen atoms in total. The summed E-state index contributed by atoms with van der Waals surface area (Å²) >= 11 is 0. The van der Waals surface area contributed by atoms with Crippen LogP contribution in [0.2, 0.25) is 0 Å². The Morgan fingerprint density at radius 3 is 1.54 bits per heavy atom. The van der Waals surface area contributed by atoms with Crippen molar-refractivity contribution in [3.05, 3.63) is 58.7 Å². The van der Waals surface area contributed by atoms with Crippen molar-refractivity contribution in [2.45, 2.75) is 0 Å². The third kappa shape index (κ3) is 2.18. The Kier molecular flexibility index (Phi) is 3.47. The van der Waals surface area contributed by atoms with Gasteiger partial charge in [0, 0.05) is 0 Å². The predicted octanol–water partition coefficient (Wildman–Crippen LogP) is 3.38. The lowest BCUT2D eigenvalue weighted by Gasteiger charge is -2.16. The van der Waals surface area contributed by atoms with Crippen LogP contribution < -0.4 is 0 Å². The number of carboxylic acid groups (broad SMARTS) is 4. The fourth-order valence-corrected chi connectivity index (χ4v) is 3.73. The van der Waals surface area contributed by atoms with E-state index in [4.69, 9.17) is 0 Å². The molecule has 28 heavy (non-hydrogen) atoms. The molecule has 4 rings (SSSR count). The maximum atomic E-state index is 11.8. The zero-order valence-corrected chi connectivity index (χ0v) is 13.9. The monoisotopic (exact) mass is 378 g/mol. The van der Waals surface area contributed by atoms with Gasteiger partial charge in [0.25, 0.3) is 0 Å². The molecule has 0 atom stereocenters. The first-order chi connectivity index (χ1) is 13.2. The van der Waals surface area contributed by atoms with Gasteiger partial charge in [0.1, 0.15) is 0 Å². The fourth-order valence-electron chi connectivity index (χ4n) is 3.73. The standard InChI is InChI=1S/C20H10O8/c21-17(22)11-6-12(18(23)24)9-3-4-10-14-7(1-2-8(11)15(9)14)5-13(19(25)26)16(10)20(27)28/h1-6H,(H,21,22)(H,23,24)(H,25,26)(H,27,28). The topological polar surface area (TPSA) is 149 Å². The first-order valence-corrected chi connectivity index (χ1v) is 7.94. The molecule has 0 saturated heterocycles. The third-order valence-electron chi connectivity index (χ3n) is 4.81. The average molecular weight is 378 g/mol. The first kappa shape index (κ1) is 17.2. The van der Waals surface area contributed by atoms with Crippen LogP contribution >= 0.6 is 0 Å². The lowest BCUT2D eigenvalue weighted by Crippen LogP contribution is -2.10. The van der Waals surface area contributed by atoms with Gasteiger partial charge in [-0.1, -0.05) is 24.3 Å². The van der Waals surface area contributed by atoms with Crippen LogP contribution in [0.25, 0.3) is 32.3 Å². The van der Waals surface area contributed by atoms with Crippen LogP contribution in [0.1, 0.15) is 41.4 Å². The maximum Gasteiger partial charge on any atom is 0.337 e. The highest BCUT2D eigenvalue weighted by atomic mass is 16.4. The van der Waals surface area contributed by atoms with Crippen molar-refractivity contribution in [1.29, 1.82) is 0 Å². The van der Waals surface area contributed by atoms with E-state index in [0.29, 0.717) is 10.8 Å². The molecular formula is C20H10O8. The van der Waals surface area contributed by atoms with Crippen molar-refractivity contribution in [1.82, 2.24) is 0 Å². The van der Waals surface area contributed by atoms with E-state index in [-0.39, 0.29) is 32.7 Å². The smallest absolute Gasteiger partial charge is 0.337 e. The van der Waals surface area contributed by atoms with Gasteiger partial charge in [0.15, 0.2) is 0 Å². The van der Waals surface area contributed by atoms with E-state index in [1.54, 1.807) is 0 Å². The number of hydrogen-bond acceptors (Lipinski definition) is 4. The minimum absolute atomic E-state index is 0.0966. The van der Waals surface area contributed by atoms with E-state index in [1.165, 1.54) is 30.3 Å². The molecule has 0 spiro atoms. The summed E-state index contributed by atoms with van der Waals surface area (Å²) in [5.41, 5.74) is -1.32. The van der Waals surface area contributed by atoms with E-state index in [1.807, 2.05) is 0 Å². The molecule has 0 aliphatic heterocycles. The Morgan fingerprint density at radius 2 is 1.04 bits per heavy atom. The number of aromatic carboxylic acids is 4. The van der Waals surface area contributed by atoms with Crippen molar-refractivity contribution in [3.8, 4) is 0 Å². The minimum Gasteiger partial charge on any atom is -0.478 e. The molecule has 0 radical (unpaired) electrons. The van der Waals surface area contributed by atoms with E-state index < -0.39 is 35.0 Å². The molecular weight excluding hydrogens is 368 g/mol. The van der Waals surface area contributed by atoms with Crippen molar-refractivity contribution in [2.75, 3.05) is 0 Å². The van der Waals surface area contributed by atoms with E-state index in [0.717, 1.165) is 6.07 Å². The van der Waals surface area contributed by atoms with Gasteiger partial charge in [0.2, 0.25) is 0 Å². The van der Waals surface area contributed by atoms with Crippen LogP contribution in [-0.2, 0) is 0 Å². The summed E-state index contributed by atoms with van der Waals surface area (Å²) in [5, 5.41) is 39.6. The van der Waals surface area contributed by atoms with Gasteiger partial charge in [-0.05, 0) is 44.5 Å². The number of hydrogen-bond donors (Lipinski definition) is 4. The van der Waals surface area contributed by atoms with Crippen LogP contribution in [0.3, 0.4) is 0 Å². The highest BCUT2D eigenvalue weighted by Crippen LogP contribution is 2.40. The van der Waals surface area contributed by atoms with Gasteiger partial charge in [0.05, 0.1) is 22.3 Å². The summed E-state index contributed by atoms with van der Waals surface area (Å²) in [4.78, 5) is 46.7. The molecule has 0 aromatic heterocycles. The zero-order valence-electron chi connectivity index (χ0n) is 13.9. The Balaban J connectivity index is 2.37. The van der Waals surface area contributed by atoms with E-state index >= 15 is 0 Å². The molecule has 0 saturated carbocycles. The van der Waals surface area contributed by atoms with Crippen LogP contribution in [0.15, 0.2) is 36.4 Å². The molecule has 4 aromatic rings. The normalized spacial score (nSPS) is 11.3. The molecule has 0 heterocycles. The van der Waals surface area contributed by atoms with Gasteiger partial charge in [-0.25, -0.2) is 19.2 Å². The van der Waals surface area contributed by atoms with Crippen LogP contribution in [0.5, 0.6) is 0 Å². The van der Waals surface area contributed by atoms with E-state index in [2.05, 4.69) is 0 Å². The summed E-state index contributed by atoms with van der Waals surface area (Å²) in [5.74, 6) is -5.53. The van der Waals surface area contributed by atoms with Gasteiger partial charge < -0.3 is 20.4 Å². The molecule has 0 aliphatic rings. The maximum absolute atomic E-state index is 11.8. The second-order valence-electron chi connectivity index (χ2n) is 6.24. The summed E-state index contributed by atoms with van der Waals surface area (Å²) in [6.45, 7) is 0. The Morgan fingerprint density at radius 1 is 0.536 bits per heavy atom. The molecule has 0 bridgehead atoms.